The summed E-state index contributed by atoms with van der Waals surface area (Å²) in [4.78, 5) is 0. The van der Waals surface area contributed by atoms with E-state index in [0.717, 1.165) is 8.95 Å². The number of halogens is 2. The van der Waals surface area contributed by atoms with Crippen molar-refractivity contribution in [3.05, 3.63) is 152 Å². The number of ether oxygens (including phenoxy) is 1. The molecule has 5 aromatic rings. The van der Waals surface area contributed by atoms with Crippen molar-refractivity contribution >= 4 is 42.6 Å². The normalized spacial score (nSPS) is 27.3. The van der Waals surface area contributed by atoms with E-state index in [1.54, 1.807) is 0 Å². The average Bonchev–Trinajstić information content (AvgIpc) is 3.52. The van der Waals surface area contributed by atoms with Gasteiger partial charge < -0.3 is 4.74 Å². The Morgan fingerprint density at radius 2 is 1.14 bits per heavy atom. The lowest BCUT2D eigenvalue weighted by molar-refractivity contribution is -0.0480. The van der Waals surface area contributed by atoms with Crippen molar-refractivity contribution in [1.29, 1.82) is 0 Å². The standard InChI is InChI=1S/C32H20Br2O/c33-21-15-13-20(14-16-21)32-26-12-5-4-11-25(26)31(35-32,19-7-2-1-3-8-19)29-23-10-6-9-22-27(34)18-17-24(28(22)23)30(29)32/h1-18,29-30H. The van der Waals surface area contributed by atoms with Gasteiger partial charge in [0.2, 0.25) is 0 Å². The van der Waals surface area contributed by atoms with Gasteiger partial charge in [-0.15, -0.1) is 0 Å². The van der Waals surface area contributed by atoms with Crippen molar-refractivity contribution in [1.82, 2.24) is 0 Å². The van der Waals surface area contributed by atoms with Crippen LogP contribution in [0.4, 0.5) is 0 Å². The molecule has 2 heterocycles. The number of hydrogen-bond acceptors (Lipinski definition) is 1. The Balaban J connectivity index is 1.56. The Labute approximate surface area is 221 Å². The fraction of sp³-hybridized carbons (Fsp3) is 0.125. The van der Waals surface area contributed by atoms with E-state index in [9.17, 15) is 0 Å². The zero-order valence-corrected chi connectivity index (χ0v) is 21.9. The monoisotopic (exact) mass is 578 g/mol. The van der Waals surface area contributed by atoms with Crippen LogP contribution in [0.5, 0.6) is 0 Å². The maximum Gasteiger partial charge on any atom is 0.128 e. The molecule has 4 atom stereocenters. The van der Waals surface area contributed by atoms with Gasteiger partial charge in [0, 0.05) is 20.8 Å². The third-order valence-corrected chi connectivity index (χ3v) is 9.68. The molecule has 5 aromatic carbocycles. The first-order valence-electron chi connectivity index (χ1n) is 12.0. The minimum absolute atomic E-state index is 0.173. The van der Waals surface area contributed by atoms with Crippen molar-refractivity contribution in [2.24, 2.45) is 0 Å². The molecule has 0 aromatic heterocycles. The zero-order chi connectivity index (χ0) is 23.4. The van der Waals surface area contributed by atoms with Crippen LogP contribution in [0.15, 0.2) is 118 Å². The molecule has 2 bridgehead atoms. The van der Waals surface area contributed by atoms with Crippen LogP contribution in [0.1, 0.15) is 45.2 Å². The second-order valence-corrected chi connectivity index (χ2v) is 11.6. The minimum Gasteiger partial charge on any atom is -0.348 e. The summed E-state index contributed by atoms with van der Waals surface area (Å²) in [6, 6.07) is 39.9. The van der Waals surface area contributed by atoms with Gasteiger partial charge in [0.1, 0.15) is 11.2 Å². The molecule has 2 aliphatic heterocycles. The van der Waals surface area contributed by atoms with Gasteiger partial charge in [-0.2, -0.15) is 0 Å². The van der Waals surface area contributed by atoms with Gasteiger partial charge in [0.25, 0.3) is 0 Å². The molecule has 0 spiro atoms. The molecule has 0 radical (unpaired) electrons. The molecule has 1 fully saturated rings. The lowest BCUT2D eigenvalue weighted by Crippen LogP contribution is -2.35. The lowest BCUT2D eigenvalue weighted by atomic mass is 9.60. The first-order chi connectivity index (χ1) is 17.2. The Kier molecular flexibility index (Phi) is 4.06. The molecule has 8 rings (SSSR count). The van der Waals surface area contributed by atoms with Gasteiger partial charge in [0.05, 0.1) is 0 Å². The fourth-order valence-electron chi connectivity index (χ4n) is 7.34. The van der Waals surface area contributed by atoms with Gasteiger partial charge in [-0.3, -0.25) is 0 Å². The molecule has 1 saturated heterocycles. The van der Waals surface area contributed by atoms with Crippen molar-refractivity contribution in [3.8, 4) is 0 Å². The average molecular weight is 580 g/mol. The Morgan fingerprint density at radius 3 is 1.83 bits per heavy atom. The van der Waals surface area contributed by atoms with Crippen LogP contribution in [0.3, 0.4) is 0 Å². The van der Waals surface area contributed by atoms with Crippen LogP contribution < -0.4 is 0 Å². The van der Waals surface area contributed by atoms with E-state index in [4.69, 9.17) is 4.74 Å². The molecule has 0 saturated carbocycles. The molecule has 3 heteroatoms. The molecule has 0 N–H and O–H groups in total. The third kappa shape index (κ3) is 2.33. The highest BCUT2D eigenvalue weighted by Crippen LogP contribution is 2.77. The molecule has 0 amide bonds. The number of hydrogen-bond donors (Lipinski definition) is 0. The van der Waals surface area contributed by atoms with Crippen LogP contribution in [-0.2, 0) is 15.9 Å². The fourth-order valence-corrected chi connectivity index (χ4v) is 8.07. The summed E-state index contributed by atoms with van der Waals surface area (Å²) in [5.74, 6) is 0.350. The van der Waals surface area contributed by atoms with Crippen molar-refractivity contribution in [3.63, 3.8) is 0 Å². The Morgan fingerprint density at radius 1 is 0.543 bits per heavy atom. The lowest BCUT2D eigenvalue weighted by Gasteiger charge is -2.38. The molecule has 35 heavy (non-hydrogen) atoms. The van der Waals surface area contributed by atoms with Gasteiger partial charge in [-0.25, -0.2) is 0 Å². The van der Waals surface area contributed by atoms with E-state index in [1.165, 1.54) is 44.2 Å². The first-order valence-corrected chi connectivity index (χ1v) is 13.6. The van der Waals surface area contributed by atoms with Crippen molar-refractivity contribution in [2.75, 3.05) is 0 Å². The van der Waals surface area contributed by atoms with Crippen LogP contribution in [-0.4, -0.2) is 0 Å². The summed E-state index contributed by atoms with van der Waals surface area (Å²) >= 11 is 7.48. The summed E-state index contributed by atoms with van der Waals surface area (Å²) in [7, 11) is 0. The van der Waals surface area contributed by atoms with E-state index in [0.29, 0.717) is 0 Å². The summed E-state index contributed by atoms with van der Waals surface area (Å²) in [6.45, 7) is 0. The summed E-state index contributed by atoms with van der Waals surface area (Å²) in [6.07, 6.45) is 0. The predicted molar refractivity (Wildman–Crippen MR) is 147 cm³/mol. The topological polar surface area (TPSA) is 9.23 Å². The highest BCUT2D eigenvalue weighted by atomic mass is 79.9. The quantitative estimate of drug-likeness (QED) is 0.203. The Hall–Kier alpha value is -2.72. The smallest absolute Gasteiger partial charge is 0.128 e. The predicted octanol–water partition coefficient (Wildman–Crippen LogP) is 8.78. The van der Waals surface area contributed by atoms with Crippen molar-refractivity contribution < 1.29 is 4.74 Å². The second kappa shape index (κ2) is 6.94. The van der Waals surface area contributed by atoms with E-state index >= 15 is 0 Å². The molecular weight excluding hydrogens is 560 g/mol. The molecule has 4 unspecified atom stereocenters. The second-order valence-electron chi connectivity index (χ2n) is 9.85. The van der Waals surface area contributed by atoms with Crippen LogP contribution in [0.25, 0.3) is 10.8 Å². The molecule has 168 valence electrons. The highest BCUT2D eigenvalue weighted by Gasteiger charge is 2.73. The van der Waals surface area contributed by atoms with E-state index in [1.807, 2.05) is 0 Å². The van der Waals surface area contributed by atoms with Crippen LogP contribution >= 0.6 is 31.9 Å². The van der Waals surface area contributed by atoms with E-state index in [-0.39, 0.29) is 11.8 Å². The summed E-state index contributed by atoms with van der Waals surface area (Å²) in [5.41, 5.74) is 6.66. The summed E-state index contributed by atoms with van der Waals surface area (Å²) in [5, 5.41) is 2.67. The maximum absolute atomic E-state index is 7.59. The first kappa shape index (κ1) is 20.5. The van der Waals surface area contributed by atoms with E-state index < -0.39 is 11.2 Å². The number of rotatable bonds is 2. The van der Waals surface area contributed by atoms with E-state index in [2.05, 4.69) is 141 Å². The van der Waals surface area contributed by atoms with Crippen LogP contribution in [0, 0.1) is 0 Å². The largest absolute Gasteiger partial charge is 0.348 e. The van der Waals surface area contributed by atoms with Gasteiger partial charge in [-0.1, -0.05) is 123 Å². The SMILES string of the molecule is Brc1ccc(C23OC(c4ccccc4)(c4ccccc42)C2c4cccc5c(Br)ccc(c45)C23)cc1. The molecule has 1 nitrogen and oxygen atoms in total. The number of fused-ring (bicyclic) bond motifs is 10. The van der Waals surface area contributed by atoms with Crippen LogP contribution in [0.2, 0.25) is 0 Å². The van der Waals surface area contributed by atoms with Gasteiger partial charge in [0.15, 0.2) is 0 Å². The molecule has 3 aliphatic rings. The summed E-state index contributed by atoms with van der Waals surface area (Å²) < 4.78 is 9.81. The zero-order valence-electron chi connectivity index (χ0n) is 18.7. The molecular formula is C32H20Br2O. The van der Waals surface area contributed by atoms with Crippen molar-refractivity contribution in [2.45, 2.75) is 23.0 Å². The molecule has 1 aliphatic carbocycles. The number of benzene rings is 5. The third-order valence-electron chi connectivity index (χ3n) is 8.46. The van der Waals surface area contributed by atoms with Gasteiger partial charge >= 0.3 is 0 Å². The minimum atomic E-state index is -0.572. The Bertz CT molecular complexity index is 1660. The highest BCUT2D eigenvalue weighted by molar-refractivity contribution is 9.11. The van der Waals surface area contributed by atoms with Gasteiger partial charge in [-0.05, 0) is 62.4 Å². The maximum atomic E-state index is 7.59.